The van der Waals surface area contributed by atoms with Gasteiger partial charge in [0.2, 0.25) is 20.9 Å². The van der Waals surface area contributed by atoms with Crippen molar-refractivity contribution < 1.29 is 13.2 Å². The number of rotatable bonds is 7. The molecule has 0 spiro atoms. The fourth-order valence-corrected chi connectivity index (χ4v) is 3.30. The summed E-state index contributed by atoms with van der Waals surface area (Å²) >= 11 is 0. The molecule has 0 aliphatic rings. The van der Waals surface area contributed by atoms with Gasteiger partial charge in [-0.3, -0.25) is 4.79 Å². The first-order valence-corrected chi connectivity index (χ1v) is 9.18. The van der Waals surface area contributed by atoms with Crippen molar-refractivity contribution in [1.82, 2.24) is 15.3 Å². The zero-order valence-corrected chi connectivity index (χ0v) is 14.6. The molecule has 1 aromatic carbocycles. The highest BCUT2D eigenvalue weighted by Gasteiger charge is 2.44. The molecule has 1 N–H and O–H groups in total. The summed E-state index contributed by atoms with van der Waals surface area (Å²) in [5, 5.41) is 2.36. The summed E-state index contributed by atoms with van der Waals surface area (Å²) in [6, 6.07) is 11.4. The van der Waals surface area contributed by atoms with Crippen LogP contribution in [0.15, 0.2) is 53.9 Å². The van der Waals surface area contributed by atoms with Crippen molar-refractivity contribution >= 4 is 15.7 Å². The summed E-state index contributed by atoms with van der Waals surface area (Å²) < 4.78 is 23.5. The number of nitrogens with one attached hydrogen (secondary N) is 1. The van der Waals surface area contributed by atoms with Gasteiger partial charge < -0.3 is 5.32 Å². The van der Waals surface area contributed by atoms with Crippen LogP contribution in [0.3, 0.4) is 0 Å². The third kappa shape index (κ3) is 3.97. The molecule has 1 amide bonds. The van der Waals surface area contributed by atoms with Crippen LogP contribution in [0.25, 0.3) is 0 Å². The monoisotopic (exact) mass is 347 g/mol. The van der Waals surface area contributed by atoms with Crippen LogP contribution < -0.4 is 5.32 Å². The lowest BCUT2D eigenvalue weighted by Gasteiger charge is -2.22. The smallest absolute Gasteiger partial charge is 0.248 e. The minimum Gasteiger partial charge on any atom is -0.355 e. The van der Waals surface area contributed by atoms with Crippen molar-refractivity contribution in [2.75, 3.05) is 6.54 Å². The molecule has 2 aromatic rings. The fourth-order valence-electron chi connectivity index (χ4n) is 2.13. The lowest BCUT2D eigenvalue weighted by Crippen LogP contribution is -2.48. The van der Waals surface area contributed by atoms with Crippen molar-refractivity contribution in [2.45, 2.75) is 36.6 Å². The minimum atomic E-state index is -3.96. The molecule has 24 heavy (non-hydrogen) atoms. The number of nitrogens with zero attached hydrogens (tertiary/aromatic N) is 2. The van der Waals surface area contributed by atoms with E-state index in [-0.39, 0.29) is 5.16 Å². The molecule has 128 valence electrons. The summed E-state index contributed by atoms with van der Waals surface area (Å²) in [5.41, 5.74) is 1.18. The van der Waals surface area contributed by atoms with E-state index >= 15 is 0 Å². The molecule has 1 aromatic heterocycles. The van der Waals surface area contributed by atoms with E-state index in [0.717, 1.165) is 12.8 Å². The molecule has 0 saturated heterocycles. The van der Waals surface area contributed by atoms with E-state index in [9.17, 15) is 13.2 Å². The second-order valence-corrected chi connectivity index (χ2v) is 8.28. The Morgan fingerprint density at radius 3 is 2.33 bits per heavy atom. The summed E-state index contributed by atoms with van der Waals surface area (Å²) in [6.07, 6.45) is 4.23. The van der Waals surface area contributed by atoms with Gasteiger partial charge in [-0.05, 0) is 38.3 Å². The molecular weight excluding hydrogens is 326 g/mol. The first-order valence-electron chi connectivity index (χ1n) is 7.69. The van der Waals surface area contributed by atoms with Crippen LogP contribution in [0, 0.1) is 0 Å². The maximum atomic E-state index is 12.6. The lowest BCUT2D eigenvalue weighted by atomic mass is 10.1. The van der Waals surface area contributed by atoms with E-state index in [1.54, 1.807) is 0 Å². The third-order valence-electron chi connectivity index (χ3n) is 3.77. The summed E-state index contributed by atoms with van der Waals surface area (Å²) in [6.45, 7) is 3.14. The average Bonchev–Trinajstić information content (AvgIpc) is 2.60. The molecule has 1 heterocycles. The molecule has 0 atom stereocenters. The quantitative estimate of drug-likeness (QED) is 0.609. The van der Waals surface area contributed by atoms with Crippen LogP contribution in [0.5, 0.6) is 0 Å². The number of aryl methyl sites for hydroxylation is 1. The number of sulfone groups is 1. The van der Waals surface area contributed by atoms with E-state index in [2.05, 4.69) is 15.3 Å². The van der Waals surface area contributed by atoms with Gasteiger partial charge >= 0.3 is 0 Å². The highest BCUT2D eigenvalue weighted by Crippen LogP contribution is 2.22. The first kappa shape index (κ1) is 18.1. The van der Waals surface area contributed by atoms with Gasteiger partial charge in [0.1, 0.15) is 0 Å². The predicted octanol–water partition coefficient (Wildman–Crippen LogP) is 1.78. The zero-order chi connectivity index (χ0) is 17.6. The lowest BCUT2D eigenvalue weighted by molar-refractivity contribution is -0.122. The van der Waals surface area contributed by atoms with Crippen LogP contribution in [-0.4, -0.2) is 35.6 Å². The van der Waals surface area contributed by atoms with Crippen LogP contribution in [0.1, 0.15) is 25.8 Å². The molecular formula is C17H21N3O3S. The molecule has 7 heteroatoms. The van der Waals surface area contributed by atoms with Crippen molar-refractivity contribution in [3.8, 4) is 0 Å². The van der Waals surface area contributed by atoms with Crippen LogP contribution in [-0.2, 0) is 21.1 Å². The number of carbonyl (C=O) groups excluding carboxylic acids is 1. The molecule has 0 aliphatic carbocycles. The van der Waals surface area contributed by atoms with E-state index in [4.69, 9.17) is 0 Å². The number of aromatic nitrogens is 2. The summed E-state index contributed by atoms with van der Waals surface area (Å²) in [7, 11) is -3.96. The largest absolute Gasteiger partial charge is 0.355 e. The second-order valence-electron chi connectivity index (χ2n) is 5.89. The SMILES string of the molecule is CC(C)(C(=O)NCCCc1ccccc1)S(=O)(=O)c1ncccn1. The predicted molar refractivity (Wildman–Crippen MR) is 91.1 cm³/mol. The second kappa shape index (κ2) is 7.53. The van der Waals surface area contributed by atoms with E-state index < -0.39 is 20.5 Å². The van der Waals surface area contributed by atoms with Gasteiger partial charge in [-0.2, -0.15) is 0 Å². The number of carbonyl (C=O) groups is 1. The van der Waals surface area contributed by atoms with E-state index in [1.807, 2.05) is 30.3 Å². The minimum absolute atomic E-state index is 0.338. The number of hydrogen-bond acceptors (Lipinski definition) is 5. The average molecular weight is 347 g/mol. The van der Waals surface area contributed by atoms with E-state index in [1.165, 1.54) is 37.9 Å². The van der Waals surface area contributed by atoms with Crippen LogP contribution in [0.2, 0.25) is 0 Å². The number of amides is 1. The Balaban J connectivity index is 1.95. The van der Waals surface area contributed by atoms with Crippen molar-refractivity contribution in [1.29, 1.82) is 0 Å². The molecule has 0 aliphatic heterocycles. The topological polar surface area (TPSA) is 89.0 Å². The van der Waals surface area contributed by atoms with Gasteiger partial charge in [0, 0.05) is 18.9 Å². The number of benzene rings is 1. The molecule has 2 rings (SSSR count). The Morgan fingerprint density at radius 1 is 1.08 bits per heavy atom. The molecule has 0 bridgehead atoms. The highest BCUT2D eigenvalue weighted by molar-refractivity contribution is 7.93. The van der Waals surface area contributed by atoms with Gasteiger partial charge in [0.15, 0.2) is 4.75 Å². The Hall–Kier alpha value is -2.28. The van der Waals surface area contributed by atoms with Gasteiger partial charge in [-0.1, -0.05) is 30.3 Å². The van der Waals surface area contributed by atoms with E-state index in [0.29, 0.717) is 6.54 Å². The summed E-state index contributed by atoms with van der Waals surface area (Å²) in [4.78, 5) is 19.9. The van der Waals surface area contributed by atoms with Gasteiger partial charge in [-0.25, -0.2) is 18.4 Å². The van der Waals surface area contributed by atoms with Crippen LogP contribution in [0.4, 0.5) is 0 Å². The Kier molecular flexibility index (Phi) is 5.66. The fraction of sp³-hybridized carbons (Fsp3) is 0.353. The molecule has 0 saturated carbocycles. The van der Waals surface area contributed by atoms with Gasteiger partial charge in [-0.15, -0.1) is 0 Å². The summed E-state index contributed by atoms with van der Waals surface area (Å²) in [5.74, 6) is -0.553. The van der Waals surface area contributed by atoms with Crippen LogP contribution >= 0.6 is 0 Å². The van der Waals surface area contributed by atoms with Crippen molar-refractivity contribution in [2.24, 2.45) is 0 Å². The standard InChI is InChI=1S/C17H21N3O3S/c1-17(2,24(22,23)16-19-12-7-13-20-16)15(21)18-11-6-10-14-8-4-3-5-9-14/h3-5,7-9,12-13H,6,10-11H2,1-2H3,(H,18,21). The maximum Gasteiger partial charge on any atom is 0.248 e. The molecule has 6 nitrogen and oxygen atoms in total. The highest BCUT2D eigenvalue weighted by atomic mass is 32.2. The molecule has 0 fully saturated rings. The first-order chi connectivity index (χ1) is 11.4. The Bertz CT molecular complexity index is 775. The molecule has 0 unspecified atom stereocenters. The third-order valence-corrected chi connectivity index (χ3v) is 5.99. The number of hydrogen-bond donors (Lipinski definition) is 1. The zero-order valence-electron chi connectivity index (χ0n) is 13.8. The van der Waals surface area contributed by atoms with Crippen molar-refractivity contribution in [3.05, 3.63) is 54.4 Å². The Labute approximate surface area is 142 Å². The normalized spacial score (nSPS) is 11.9. The van der Waals surface area contributed by atoms with Gasteiger partial charge in [0.05, 0.1) is 0 Å². The Morgan fingerprint density at radius 2 is 1.71 bits per heavy atom. The maximum absolute atomic E-state index is 12.6. The molecule has 0 radical (unpaired) electrons. The van der Waals surface area contributed by atoms with Crippen molar-refractivity contribution in [3.63, 3.8) is 0 Å². The van der Waals surface area contributed by atoms with Gasteiger partial charge in [0.25, 0.3) is 0 Å².